The van der Waals surface area contributed by atoms with Crippen LogP contribution < -0.4 is 11.1 Å². The number of nitrogens with one attached hydrogen (secondary N) is 1. The van der Waals surface area contributed by atoms with E-state index in [9.17, 15) is 4.79 Å². The molecule has 4 rings (SSSR count). The van der Waals surface area contributed by atoms with Crippen molar-refractivity contribution in [2.45, 2.75) is 39.0 Å². The second-order valence-corrected chi connectivity index (χ2v) is 8.30. The molecule has 27 heavy (non-hydrogen) atoms. The number of hydrogen-bond acceptors (Lipinski definition) is 4. The first-order chi connectivity index (χ1) is 13.2. The number of benzene rings is 1. The summed E-state index contributed by atoms with van der Waals surface area (Å²) in [5.41, 5.74) is 10.6. The number of carbonyl (C=O) groups excluding carboxylic acids is 1. The molecule has 4 nitrogen and oxygen atoms in total. The van der Waals surface area contributed by atoms with Crippen molar-refractivity contribution in [1.82, 2.24) is 10.3 Å². The van der Waals surface area contributed by atoms with Gasteiger partial charge < -0.3 is 11.1 Å². The Morgan fingerprint density at radius 2 is 2.15 bits per heavy atom. The van der Waals surface area contributed by atoms with Gasteiger partial charge in [-0.05, 0) is 48.8 Å². The average Bonchev–Trinajstić information content (AvgIpc) is 3.02. The van der Waals surface area contributed by atoms with E-state index in [0.29, 0.717) is 17.1 Å². The molecular formula is C22H25N3OS. The summed E-state index contributed by atoms with van der Waals surface area (Å²) in [7, 11) is 0. The number of amides is 1. The van der Waals surface area contributed by atoms with Gasteiger partial charge in [0, 0.05) is 17.6 Å². The summed E-state index contributed by atoms with van der Waals surface area (Å²) >= 11 is 1.41. The van der Waals surface area contributed by atoms with Gasteiger partial charge in [0.05, 0.1) is 5.69 Å². The number of carbonyl (C=O) groups is 1. The molecule has 0 saturated carbocycles. The first-order valence-corrected chi connectivity index (χ1v) is 10.5. The van der Waals surface area contributed by atoms with Crippen LogP contribution in [0.15, 0.2) is 36.4 Å². The maximum Gasteiger partial charge on any atom is 0.263 e. The first-order valence-electron chi connectivity index (χ1n) is 9.68. The van der Waals surface area contributed by atoms with Crippen LogP contribution in [0.4, 0.5) is 5.69 Å². The van der Waals surface area contributed by atoms with Crippen LogP contribution in [-0.2, 0) is 19.3 Å². The molecule has 0 spiro atoms. The molecule has 0 bridgehead atoms. The largest absolute Gasteiger partial charge is 0.397 e. The number of nitrogens with zero attached hydrogens (tertiary/aromatic N) is 1. The molecule has 0 aliphatic heterocycles. The number of nitrogen functional groups attached to an aromatic ring is 1. The maximum absolute atomic E-state index is 12.6. The summed E-state index contributed by atoms with van der Waals surface area (Å²) in [6.45, 7) is 2.84. The van der Waals surface area contributed by atoms with E-state index >= 15 is 0 Å². The van der Waals surface area contributed by atoms with Crippen molar-refractivity contribution in [3.05, 3.63) is 58.1 Å². The minimum absolute atomic E-state index is 0.101. The highest BCUT2D eigenvalue weighted by atomic mass is 32.1. The molecule has 1 aliphatic carbocycles. The van der Waals surface area contributed by atoms with Crippen LogP contribution in [0, 0.1) is 5.92 Å². The minimum atomic E-state index is -0.101. The number of aromatic nitrogens is 1. The minimum Gasteiger partial charge on any atom is -0.397 e. The summed E-state index contributed by atoms with van der Waals surface area (Å²) in [6.07, 6.45) is 5.31. The van der Waals surface area contributed by atoms with Crippen molar-refractivity contribution in [3.8, 4) is 0 Å². The van der Waals surface area contributed by atoms with E-state index in [2.05, 4.69) is 30.4 Å². The highest BCUT2D eigenvalue weighted by Gasteiger charge is 2.23. The Morgan fingerprint density at radius 1 is 1.33 bits per heavy atom. The van der Waals surface area contributed by atoms with Crippen molar-refractivity contribution < 1.29 is 4.79 Å². The highest BCUT2D eigenvalue weighted by Crippen LogP contribution is 2.36. The molecule has 1 amide bonds. The molecule has 5 heteroatoms. The fourth-order valence-electron chi connectivity index (χ4n) is 3.83. The Balaban J connectivity index is 1.52. The third-order valence-electron chi connectivity index (χ3n) is 5.51. The smallest absolute Gasteiger partial charge is 0.263 e. The third-order valence-corrected chi connectivity index (χ3v) is 6.63. The van der Waals surface area contributed by atoms with E-state index in [0.717, 1.165) is 35.4 Å². The predicted molar refractivity (Wildman–Crippen MR) is 112 cm³/mol. The molecule has 0 saturated heterocycles. The Morgan fingerprint density at radius 3 is 2.93 bits per heavy atom. The number of anilines is 1. The molecule has 0 fully saturated rings. The molecular weight excluding hydrogens is 354 g/mol. The monoisotopic (exact) mass is 379 g/mol. The molecule has 0 radical (unpaired) electrons. The van der Waals surface area contributed by atoms with E-state index < -0.39 is 0 Å². The Bertz CT molecular complexity index is 965. The lowest BCUT2D eigenvalue weighted by Crippen LogP contribution is -2.25. The number of fused-ring (bicyclic) bond motifs is 2. The lowest BCUT2D eigenvalue weighted by molar-refractivity contribution is 0.0959. The van der Waals surface area contributed by atoms with Crippen LogP contribution in [-0.4, -0.2) is 17.4 Å². The molecule has 3 aromatic rings. The fourth-order valence-corrected chi connectivity index (χ4v) is 4.84. The lowest BCUT2D eigenvalue weighted by atomic mass is 9.85. The predicted octanol–water partition coefficient (Wildman–Crippen LogP) is 4.37. The molecule has 2 heterocycles. The van der Waals surface area contributed by atoms with Gasteiger partial charge in [-0.15, -0.1) is 11.3 Å². The fraction of sp³-hybridized carbons (Fsp3) is 0.364. The zero-order valence-corrected chi connectivity index (χ0v) is 16.4. The Labute approximate surface area is 163 Å². The van der Waals surface area contributed by atoms with Crippen LogP contribution in [0.25, 0.3) is 10.2 Å². The van der Waals surface area contributed by atoms with Crippen molar-refractivity contribution >= 4 is 33.1 Å². The van der Waals surface area contributed by atoms with E-state index in [-0.39, 0.29) is 5.91 Å². The zero-order valence-electron chi connectivity index (χ0n) is 15.6. The van der Waals surface area contributed by atoms with E-state index in [1.807, 2.05) is 18.2 Å². The van der Waals surface area contributed by atoms with E-state index in [4.69, 9.17) is 10.7 Å². The number of aryl methyl sites for hydroxylation is 1. The zero-order chi connectivity index (χ0) is 18.8. The van der Waals surface area contributed by atoms with Crippen molar-refractivity contribution in [3.63, 3.8) is 0 Å². The summed E-state index contributed by atoms with van der Waals surface area (Å²) in [6, 6.07) is 12.3. The van der Waals surface area contributed by atoms with Crippen LogP contribution >= 0.6 is 11.3 Å². The number of pyridine rings is 1. The van der Waals surface area contributed by atoms with Gasteiger partial charge in [0.1, 0.15) is 9.71 Å². The molecule has 140 valence electrons. The van der Waals surface area contributed by atoms with E-state index in [1.54, 1.807) is 0 Å². The average molecular weight is 380 g/mol. The van der Waals surface area contributed by atoms with Gasteiger partial charge in [-0.2, -0.15) is 0 Å². The standard InChI is InChI=1S/C22H25N3OS/c1-2-14-8-9-18-16(12-14)13-17-19(23)20(27-22(17)25-18)21(26)24-11-10-15-6-4-3-5-7-15/h3-7,13-14H,2,8-12,23H2,1H3,(H,24,26)/t14-/m1/s1. The Hall–Kier alpha value is -2.40. The number of hydrogen-bond donors (Lipinski definition) is 2. The summed E-state index contributed by atoms with van der Waals surface area (Å²) in [4.78, 5) is 18.9. The molecule has 1 aliphatic rings. The lowest BCUT2D eigenvalue weighted by Gasteiger charge is -2.22. The molecule has 1 aromatic carbocycles. The molecule has 1 atom stereocenters. The van der Waals surface area contributed by atoms with Gasteiger partial charge in [0.2, 0.25) is 0 Å². The molecule has 3 N–H and O–H groups in total. The molecule has 0 unspecified atom stereocenters. The van der Waals surface area contributed by atoms with Crippen molar-refractivity contribution in [2.24, 2.45) is 5.92 Å². The van der Waals surface area contributed by atoms with Crippen LogP contribution in [0.1, 0.15) is 46.3 Å². The van der Waals surface area contributed by atoms with E-state index in [1.165, 1.54) is 41.0 Å². The van der Waals surface area contributed by atoms with Gasteiger partial charge >= 0.3 is 0 Å². The van der Waals surface area contributed by atoms with Crippen LogP contribution in [0.5, 0.6) is 0 Å². The number of rotatable bonds is 5. The third kappa shape index (κ3) is 3.69. The van der Waals surface area contributed by atoms with Gasteiger partial charge in [-0.25, -0.2) is 4.98 Å². The summed E-state index contributed by atoms with van der Waals surface area (Å²) in [5.74, 6) is 0.633. The quantitative estimate of drug-likeness (QED) is 0.692. The normalized spacial score (nSPS) is 16.3. The molecule has 2 aromatic heterocycles. The Kier molecular flexibility index (Phi) is 5.12. The van der Waals surface area contributed by atoms with Gasteiger partial charge in [0.15, 0.2) is 0 Å². The van der Waals surface area contributed by atoms with Gasteiger partial charge in [0.25, 0.3) is 5.91 Å². The SMILES string of the molecule is CC[C@@H]1CCc2nc3sc(C(=O)NCCc4ccccc4)c(N)c3cc2C1. The number of nitrogens with two attached hydrogens (primary N) is 1. The summed E-state index contributed by atoms with van der Waals surface area (Å²) < 4.78 is 0. The second kappa shape index (κ2) is 7.69. The maximum atomic E-state index is 12.6. The van der Waals surface area contributed by atoms with Crippen LogP contribution in [0.3, 0.4) is 0 Å². The number of thiophene rings is 1. The first kappa shape index (κ1) is 18.0. The van der Waals surface area contributed by atoms with Gasteiger partial charge in [-0.1, -0.05) is 43.7 Å². The summed E-state index contributed by atoms with van der Waals surface area (Å²) in [5, 5.41) is 3.93. The highest BCUT2D eigenvalue weighted by molar-refractivity contribution is 7.21. The van der Waals surface area contributed by atoms with Crippen LogP contribution in [0.2, 0.25) is 0 Å². The van der Waals surface area contributed by atoms with Gasteiger partial charge in [-0.3, -0.25) is 4.79 Å². The van der Waals surface area contributed by atoms with Crippen molar-refractivity contribution in [1.29, 1.82) is 0 Å². The second-order valence-electron chi connectivity index (χ2n) is 7.30. The van der Waals surface area contributed by atoms with Crippen molar-refractivity contribution in [2.75, 3.05) is 12.3 Å². The topological polar surface area (TPSA) is 68.0 Å².